The number of nitrogens with two attached hydrogens (primary N) is 1. The van der Waals surface area contributed by atoms with Gasteiger partial charge in [0.2, 0.25) is 5.91 Å². The van der Waals surface area contributed by atoms with Crippen molar-refractivity contribution in [2.45, 2.75) is 43.8 Å². The molecule has 7 nitrogen and oxygen atoms in total. The summed E-state index contributed by atoms with van der Waals surface area (Å²) in [5.41, 5.74) is 5.95. The fourth-order valence-electron chi connectivity index (χ4n) is 4.91. The monoisotopic (exact) mass is 475 g/mol. The summed E-state index contributed by atoms with van der Waals surface area (Å²) in [5.74, 6) is -5.23. The van der Waals surface area contributed by atoms with Crippen LogP contribution in [0.5, 0.6) is 0 Å². The maximum atomic E-state index is 13.9. The number of aromatic carboxylic acids is 1. The van der Waals surface area contributed by atoms with Crippen molar-refractivity contribution >= 4 is 17.8 Å². The van der Waals surface area contributed by atoms with Gasteiger partial charge in [0.1, 0.15) is 5.82 Å². The van der Waals surface area contributed by atoms with Gasteiger partial charge in [0.25, 0.3) is 5.91 Å². The molecule has 0 aliphatic carbocycles. The van der Waals surface area contributed by atoms with E-state index in [0.717, 1.165) is 6.07 Å². The quantitative estimate of drug-likeness (QED) is 0.625. The predicted molar refractivity (Wildman–Crippen MR) is 116 cm³/mol. The summed E-state index contributed by atoms with van der Waals surface area (Å²) in [6.07, 6.45) is 1.14. The second kappa shape index (κ2) is 9.46. The Morgan fingerprint density at radius 3 is 2.18 bits per heavy atom. The number of amides is 2. The van der Waals surface area contributed by atoms with Crippen molar-refractivity contribution in [1.82, 2.24) is 9.80 Å². The number of fused-ring (bicyclic) bond motifs is 2. The van der Waals surface area contributed by atoms with Crippen LogP contribution < -0.4 is 5.73 Å². The Morgan fingerprint density at radius 2 is 1.56 bits per heavy atom. The Bertz CT molecular complexity index is 1130. The summed E-state index contributed by atoms with van der Waals surface area (Å²) in [6.45, 7) is 0.532. The van der Waals surface area contributed by atoms with Crippen LogP contribution in [0.4, 0.5) is 13.2 Å². The largest absolute Gasteiger partial charge is 0.478 e. The standard InChI is InChI=1S/C24H24F3N3O4/c25-19-10-21(27)20(26)8-13(19)7-14(28)9-22(31)30-15-5-6-16(30)12-29(11-15)23(32)17-3-1-2-4-18(17)24(33)34/h1-4,8,10,14-16H,5-7,9,11-12,28H2,(H,33,34)/t14-,15?,16?/m1/s1. The molecule has 2 aliphatic heterocycles. The van der Waals surface area contributed by atoms with Gasteiger partial charge in [-0.1, -0.05) is 12.1 Å². The zero-order valence-electron chi connectivity index (χ0n) is 18.2. The zero-order valence-corrected chi connectivity index (χ0v) is 18.2. The van der Waals surface area contributed by atoms with Gasteiger partial charge in [-0.05, 0) is 43.0 Å². The maximum absolute atomic E-state index is 13.9. The molecule has 0 aromatic heterocycles. The Hall–Kier alpha value is -3.40. The summed E-state index contributed by atoms with van der Waals surface area (Å²) in [5, 5.41) is 9.38. The number of carbonyl (C=O) groups is 3. The lowest BCUT2D eigenvalue weighted by molar-refractivity contribution is -0.136. The van der Waals surface area contributed by atoms with Crippen LogP contribution in [0, 0.1) is 17.5 Å². The Morgan fingerprint density at radius 1 is 0.971 bits per heavy atom. The van der Waals surface area contributed by atoms with Crippen LogP contribution >= 0.6 is 0 Å². The minimum absolute atomic E-state index is 0.0752. The van der Waals surface area contributed by atoms with Gasteiger partial charge in [0, 0.05) is 43.7 Å². The van der Waals surface area contributed by atoms with E-state index in [2.05, 4.69) is 0 Å². The number of carboxylic acids is 1. The highest BCUT2D eigenvalue weighted by Crippen LogP contribution is 2.32. The molecule has 10 heteroatoms. The van der Waals surface area contributed by atoms with Gasteiger partial charge in [-0.3, -0.25) is 9.59 Å². The summed E-state index contributed by atoms with van der Waals surface area (Å²) in [6, 6.07) is 5.94. The van der Waals surface area contributed by atoms with Crippen molar-refractivity contribution in [3.8, 4) is 0 Å². The minimum atomic E-state index is -1.29. The van der Waals surface area contributed by atoms with Gasteiger partial charge in [0.05, 0.1) is 11.1 Å². The molecule has 0 saturated carbocycles. The number of likely N-dealkylation sites (tertiary alicyclic amines) is 1. The van der Waals surface area contributed by atoms with Crippen molar-refractivity contribution in [3.63, 3.8) is 0 Å². The first kappa shape index (κ1) is 23.7. The third kappa shape index (κ3) is 4.63. The molecule has 2 aromatic rings. The SMILES string of the molecule is N[C@@H](CC(=O)N1C2CCC1CN(C(=O)c1ccccc1C(=O)O)C2)Cc1cc(F)c(F)cc1F. The fourth-order valence-corrected chi connectivity index (χ4v) is 4.91. The Kier molecular flexibility index (Phi) is 6.60. The number of piperazine rings is 1. The summed E-state index contributed by atoms with van der Waals surface area (Å²) < 4.78 is 40.5. The van der Waals surface area contributed by atoms with E-state index in [0.29, 0.717) is 18.9 Å². The molecule has 180 valence electrons. The molecular weight excluding hydrogens is 451 g/mol. The van der Waals surface area contributed by atoms with Gasteiger partial charge in [-0.15, -0.1) is 0 Å². The third-order valence-corrected chi connectivity index (χ3v) is 6.45. The van der Waals surface area contributed by atoms with E-state index in [1.54, 1.807) is 21.9 Å². The highest BCUT2D eigenvalue weighted by Gasteiger charge is 2.44. The summed E-state index contributed by atoms with van der Waals surface area (Å²) >= 11 is 0. The molecule has 2 saturated heterocycles. The molecule has 0 spiro atoms. The van der Waals surface area contributed by atoms with E-state index < -0.39 is 35.4 Å². The normalized spacial score (nSPS) is 20.4. The van der Waals surface area contributed by atoms with Crippen molar-refractivity contribution in [3.05, 3.63) is 70.5 Å². The van der Waals surface area contributed by atoms with E-state index >= 15 is 0 Å². The number of carboxylic acid groups (broad SMARTS) is 1. The van der Waals surface area contributed by atoms with E-state index in [1.807, 2.05) is 0 Å². The lowest BCUT2D eigenvalue weighted by Crippen LogP contribution is -2.57. The average molecular weight is 475 g/mol. The maximum Gasteiger partial charge on any atom is 0.336 e. The van der Waals surface area contributed by atoms with E-state index in [4.69, 9.17) is 5.73 Å². The van der Waals surface area contributed by atoms with Crippen LogP contribution in [-0.2, 0) is 11.2 Å². The highest BCUT2D eigenvalue weighted by atomic mass is 19.2. The molecule has 34 heavy (non-hydrogen) atoms. The molecule has 2 aromatic carbocycles. The van der Waals surface area contributed by atoms with Gasteiger partial charge in [-0.25, -0.2) is 18.0 Å². The molecule has 3 atom stereocenters. The number of carbonyl (C=O) groups excluding carboxylic acids is 2. The number of benzene rings is 2. The molecular formula is C24H24F3N3O4. The fraction of sp³-hybridized carbons (Fsp3) is 0.375. The van der Waals surface area contributed by atoms with Crippen LogP contribution in [-0.4, -0.2) is 63.9 Å². The molecule has 2 bridgehead atoms. The smallest absolute Gasteiger partial charge is 0.336 e. The zero-order chi connectivity index (χ0) is 24.6. The van der Waals surface area contributed by atoms with Crippen LogP contribution in [0.2, 0.25) is 0 Å². The molecule has 3 N–H and O–H groups in total. The number of hydrogen-bond donors (Lipinski definition) is 2. The van der Waals surface area contributed by atoms with Crippen molar-refractivity contribution < 1.29 is 32.7 Å². The van der Waals surface area contributed by atoms with Gasteiger partial charge >= 0.3 is 5.97 Å². The molecule has 4 rings (SSSR count). The topological polar surface area (TPSA) is 104 Å². The first-order valence-electron chi connectivity index (χ1n) is 11.0. The highest BCUT2D eigenvalue weighted by molar-refractivity contribution is 6.04. The van der Waals surface area contributed by atoms with Crippen LogP contribution in [0.3, 0.4) is 0 Å². The molecule has 2 heterocycles. The molecule has 2 fully saturated rings. The third-order valence-electron chi connectivity index (χ3n) is 6.45. The van der Waals surface area contributed by atoms with Crippen molar-refractivity contribution in [1.29, 1.82) is 0 Å². The molecule has 2 amide bonds. The molecule has 0 radical (unpaired) electrons. The lowest BCUT2D eigenvalue weighted by atomic mass is 10.0. The molecule has 2 aliphatic rings. The van der Waals surface area contributed by atoms with E-state index in [-0.39, 0.29) is 60.6 Å². The van der Waals surface area contributed by atoms with Crippen molar-refractivity contribution in [2.75, 3.05) is 13.1 Å². The average Bonchev–Trinajstić information content (AvgIpc) is 3.06. The second-order valence-electron chi connectivity index (χ2n) is 8.77. The first-order chi connectivity index (χ1) is 16.2. The van der Waals surface area contributed by atoms with Crippen molar-refractivity contribution in [2.24, 2.45) is 5.73 Å². The number of halogens is 3. The molecule has 2 unspecified atom stereocenters. The number of nitrogens with zero attached hydrogens (tertiary/aromatic N) is 2. The minimum Gasteiger partial charge on any atom is -0.478 e. The number of rotatable bonds is 6. The number of hydrogen-bond acceptors (Lipinski definition) is 4. The first-order valence-corrected chi connectivity index (χ1v) is 11.0. The van der Waals surface area contributed by atoms with Crippen LogP contribution in [0.1, 0.15) is 45.5 Å². The summed E-state index contributed by atoms with van der Waals surface area (Å²) in [4.78, 5) is 40.8. The lowest BCUT2D eigenvalue weighted by Gasteiger charge is -2.41. The van der Waals surface area contributed by atoms with Crippen LogP contribution in [0.25, 0.3) is 0 Å². The van der Waals surface area contributed by atoms with Crippen LogP contribution in [0.15, 0.2) is 36.4 Å². The second-order valence-corrected chi connectivity index (χ2v) is 8.77. The Balaban J connectivity index is 1.41. The summed E-state index contributed by atoms with van der Waals surface area (Å²) in [7, 11) is 0. The van der Waals surface area contributed by atoms with Gasteiger partial charge in [0.15, 0.2) is 11.6 Å². The van der Waals surface area contributed by atoms with Gasteiger partial charge in [-0.2, -0.15) is 0 Å². The predicted octanol–water partition coefficient (Wildman–Crippen LogP) is 2.58. The Labute approximate surface area is 193 Å². The van der Waals surface area contributed by atoms with Gasteiger partial charge < -0.3 is 20.6 Å². The van der Waals surface area contributed by atoms with E-state index in [1.165, 1.54) is 12.1 Å². The van der Waals surface area contributed by atoms with E-state index in [9.17, 15) is 32.7 Å².